The van der Waals surface area contributed by atoms with E-state index in [1.807, 2.05) is 55.5 Å². The average Bonchev–Trinajstić information content (AvgIpc) is 2.77. The standard InChI is InChI=1S/C24H23ClN2O3S/c1-16(24(29)27-21-5-3-4-6-22(21)30-2)31-20-13-11-19(12-14-20)26-23(28)15-17-7-9-18(25)10-8-17/h3-14,16H,15H2,1-2H3,(H,26,28)(H,27,29). The number of halogens is 1. The van der Waals surface area contributed by atoms with Crippen LogP contribution in [0, 0.1) is 0 Å². The fourth-order valence-electron chi connectivity index (χ4n) is 2.85. The number of hydrogen-bond acceptors (Lipinski definition) is 4. The summed E-state index contributed by atoms with van der Waals surface area (Å²) in [6.07, 6.45) is 0.272. The van der Waals surface area contributed by atoms with Gasteiger partial charge in [0.15, 0.2) is 0 Å². The Morgan fingerprint density at radius 3 is 2.32 bits per heavy atom. The first-order valence-corrected chi connectivity index (χ1v) is 11.0. The lowest BCUT2D eigenvalue weighted by Crippen LogP contribution is -2.22. The molecule has 7 heteroatoms. The van der Waals surface area contributed by atoms with E-state index in [0.29, 0.717) is 22.1 Å². The second kappa shape index (κ2) is 10.9. The van der Waals surface area contributed by atoms with Crippen LogP contribution in [-0.2, 0) is 16.0 Å². The van der Waals surface area contributed by atoms with E-state index in [2.05, 4.69) is 10.6 Å². The molecule has 2 N–H and O–H groups in total. The molecule has 0 aliphatic carbocycles. The fourth-order valence-corrected chi connectivity index (χ4v) is 3.84. The molecule has 3 aromatic carbocycles. The summed E-state index contributed by atoms with van der Waals surface area (Å²) < 4.78 is 5.27. The van der Waals surface area contributed by atoms with Crippen LogP contribution in [0.15, 0.2) is 77.7 Å². The van der Waals surface area contributed by atoms with Gasteiger partial charge in [-0.2, -0.15) is 0 Å². The number of methoxy groups -OCH3 is 1. The monoisotopic (exact) mass is 454 g/mol. The molecule has 160 valence electrons. The van der Waals surface area contributed by atoms with Crippen molar-refractivity contribution in [1.29, 1.82) is 0 Å². The number of nitrogens with one attached hydrogen (secondary N) is 2. The first-order chi connectivity index (χ1) is 14.9. The number of amides is 2. The van der Waals surface area contributed by atoms with E-state index in [4.69, 9.17) is 16.3 Å². The highest BCUT2D eigenvalue weighted by Gasteiger charge is 2.16. The molecule has 0 radical (unpaired) electrons. The van der Waals surface area contributed by atoms with Crippen LogP contribution in [0.1, 0.15) is 12.5 Å². The molecule has 0 aromatic heterocycles. The summed E-state index contributed by atoms with van der Waals surface area (Å²) in [5.41, 5.74) is 2.24. The third kappa shape index (κ3) is 6.77. The van der Waals surface area contributed by atoms with E-state index in [1.165, 1.54) is 11.8 Å². The molecule has 1 unspecified atom stereocenters. The number of benzene rings is 3. The van der Waals surface area contributed by atoms with Crippen LogP contribution in [0.3, 0.4) is 0 Å². The number of hydrogen-bond donors (Lipinski definition) is 2. The van der Waals surface area contributed by atoms with E-state index < -0.39 is 0 Å². The molecule has 0 aliphatic heterocycles. The van der Waals surface area contributed by atoms with Crippen molar-refractivity contribution in [3.05, 3.63) is 83.4 Å². The molecule has 1 atom stereocenters. The van der Waals surface area contributed by atoms with Gasteiger partial charge in [-0.15, -0.1) is 11.8 Å². The highest BCUT2D eigenvalue weighted by Crippen LogP contribution is 2.28. The summed E-state index contributed by atoms with van der Waals surface area (Å²) in [6.45, 7) is 1.84. The maximum Gasteiger partial charge on any atom is 0.237 e. The van der Waals surface area contributed by atoms with Crippen molar-refractivity contribution < 1.29 is 14.3 Å². The van der Waals surface area contributed by atoms with Crippen LogP contribution in [0.5, 0.6) is 5.75 Å². The van der Waals surface area contributed by atoms with E-state index >= 15 is 0 Å². The van der Waals surface area contributed by atoms with Crippen molar-refractivity contribution in [2.24, 2.45) is 0 Å². The number of carbonyl (C=O) groups excluding carboxylic acids is 2. The summed E-state index contributed by atoms with van der Waals surface area (Å²) in [6, 6.07) is 21.9. The summed E-state index contributed by atoms with van der Waals surface area (Å²) in [7, 11) is 1.57. The van der Waals surface area contributed by atoms with Gasteiger partial charge in [-0.25, -0.2) is 0 Å². The van der Waals surface area contributed by atoms with E-state index in [-0.39, 0.29) is 23.5 Å². The predicted molar refractivity (Wildman–Crippen MR) is 127 cm³/mol. The molecule has 0 spiro atoms. The summed E-state index contributed by atoms with van der Waals surface area (Å²) in [4.78, 5) is 25.7. The highest BCUT2D eigenvalue weighted by molar-refractivity contribution is 8.00. The molecule has 31 heavy (non-hydrogen) atoms. The molecule has 5 nitrogen and oxygen atoms in total. The van der Waals surface area contributed by atoms with Crippen LogP contribution in [-0.4, -0.2) is 24.2 Å². The van der Waals surface area contributed by atoms with Crippen LogP contribution < -0.4 is 15.4 Å². The SMILES string of the molecule is COc1ccccc1NC(=O)C(C)Sc1ccc(NC(=O)Cc2ccc(Cl)cc2)cc1. The largest absolute Gasteiger partial charge is 0.495 e. The second-order valence-electron chi connectivity index (χ2n) is 6.83. The van der Waals surface area contributed by atoms with Gasteiger partial charge < -0.3 is 15.4 Å². The highest BCUT2D eigenvalue weighted by atomic mass is 35.5. The zero-order valence-corrected chi connectivity index (χ0v) is 18.8. The van der Waals surface area contributed by atoms with Gasteiger partial charge in [-0.1, -0.05) is 35.9 Å². The Bertz CT molecular complexity index is 1040. The normalized spacial score (nSPS) is 11.5. The van der Waals surface area contributed by atoms with Crippen molar-refractivity contribution in [2.75, 3.05) is 17.7 Å². The van der Waals surface area contributed by atoms with Gasteiger partial charge in [0.05, 0.1) is 24.5 Å². The molecule has 0 fully saturated rings. The average molecular weight is 455 g/mol. The first kappa shape index (κ1) is 22.7. The number of ether oxygens (including phenoxy) is 1. The molecule has 3 aromatic rings. The Morgan fingerprint density at radius 2 is 1.65 bits per heavy atom. The molecule has 2 amide bonds. The van der Waals surface area contributed by atoms with Crippen LogP contribution in [0.4, 0.5) is 11.4 Å². The third-order valence-electron chi connectivity index (χ3n) is 4.46. The third-order valence-corrected chi connectivity index (χ3v) is 5.83. The minimum Gasteiger partial charge on any atom is -0.495 e. The topological polar surface area (TPSA) is 67.4 Å². The second-order valence-corrected chi connectivity index (χ2v) is 8.68. The fraction of sp³-hybridized carbons (Fsp3) is 0.167. The molecule has 0 aliphatic rings. The van der Waals surface area contributed by atoms with Crippen LogP contribution >= 0.6 is 23.4 Å². The lowest BCUT2D eigenvalue weighted by Gasteiger charge is -2.14. The van der Waals surface area contributed by atoms with Crippen molar-refractivity contribution in [2.45, 2.75) is 23.5 Å². The van der Waals surface area contributed by atoms with Crippen molar-refractivity contribution in [3.63, 3.8) is 0 Å². The van der Waals surface area contributed by atoms with Gasteiger partial charge in [0.1, 0.15) is 5.75 Å². The van der Waals surface area contributed by atoms with E-state index in [0.717, 1.165) is 10.5 Å². The lowest BCUT2D eigenvalue weighted by atomic mass is 10.1. The van der Waals surface area contributed by atoms with Gasteiger partial charge in [0, 0.05) is 15.6 Å². The lowest BCUT2D eigenvalue weighted by molar-refractivity contribution is -0.116. The number of carbonyl (C=O) groups is 2. The molecule has 0 saturated heterocycles. The van der Waals surface area contributed by atoms with Crippen LogP contribution in [0.2, 0.25) is 5.02 Å². The minimum atomic E-state index is -0.310. The van der Waals surface area contributed by atoms with Crippen LogP contribution in [0.25, 0.3) is 0 Å². The van der Waals surface area contributed by atoms with Crippen molar-refractivity contribution in [1.82, 2.24) is 0 Å². The summed E-state index contributed by atoms with van der Waals surface area (Å²) >= 11 is 7.31. The number of para-hydroxylation sites is 2. The number of anilines is 2. The summed E-state index contributed by atoms with van der Waals surface area (Å²) in [5, 5.41) is 6.11. The maximum absolute atomic E-state index is 12.5. The van der Waals surface area contributed by atoms with Crippen molar-refractivity contribution in [3.8, 4) is 5.75 Å². The first-order valence-electron chi connectivity index (χ1n) is 9.69. The molecule has 0 saturated carbocycles. The Morgan fingerprint density at radius 1 is 0.968 bits per heavy atom. The van der Waals surface area contributed by atoms with Gasteiger partial charge in [0.25, 0.3) is 0 Å². The van der Waals surface area contributed by atoms with Gasteiger partial charge in [-0.05, 0) is 61.0 Å². The molecular weight excluding hydrogens is 432 g/mol. The minimum absolute atomic E-state index is 0.104. The maximum atomic E-state index is 12.5. The molecule has 3 rings (SSSR count). The summed E-state index contributed by atoms with van der Waals surface area (Å²) in [5.74, 6) is 0.397. The Hall–Kier alpha value is -2.96. The zero-order chi connectivity index (χ0) is 22.2. The molecule has 0 heterocycles. The molecule has 0 bridgehead atoms. The van der Waals surface area contributed by atoms with E-state index in [1.54, 1.807) is 31.4 Å². The Balaban J connectivity index is 1.52. The smallest absolute Gasteiger partial charge is 0.237 e. The van der Waals surface area contributed by atoms with E-state index in [9.17, 15) is 9.59 Å². The molecular formula is C24H23ClN2O3S. The quantitative estimate of drug-likeness (QED) is 0.431. The van der Waals surface area contributed by atoms with Crippen molar-refractivity contribution >= 4 is 46.6 Å². The van der Waals surface area contributed by atoms with Gasteiger partial charge in [-0.3, -0.25) is 9.59 Å². The number of rotatable bonds is 8. The Labute approximate surface area is 191 Å². The predicted octanol–water partition coefficient (Wildman–Crippen LogP) is 5.65. The van der Waals surface area contributed by atoms with Gasteiger partial charge >= 0.3 is 0 Å². The number of thioether (sulfide) groups is 1. The zero-order valence-electron chi connectivity index (χ0n) is 17.2. The van der Waals surface area contributed by atoms with Gasteiger partial charge in [0.2, 0.25) is 11.8 Å². The Kier molecular flexibility index (Phi) is 7.98.